The molecule has 0 spiro atoms. The van der Waals surface area contributed by atoms with E-state index in [1.54, 1.807) is 0 Å². The van der Waals surface area contributed by atoms with Crippen molar-refractivity contribution in [3.8, 4) is 0 Å². The zero-order valence-electron chi connectivity index (χ0n) is 11.9. The first-order valence-electron chi connectivity index (χ1n) is 7.29. The second-order valence-corrected chi connectivity index (χ2v) is 5.43. The molecule has 0 atom stereocenters. The van der Waals surface area contributed by atoms with Crippen molar-refractivity contribution in [1.82, 2.24) is 5.32 Å². The Kier molecular flexibility index (Phi) is 5.16. The molecule has 0 heterocycles. The highest BCUT2D eigenvalue weighted by Gasteiger charge is 2.20. The van der Waals surface area contributed by atoms with Gasteiger partial charge in [0, 0.05) is 25.1 Å². The zero-order valence-corrected chi connectivity index (χ0v) is 11.9. The van der Waals surface area contributed by atoms with Gasteiger partial charge in [-0.2, -0.15) is 0 Å². The van der Waals surface area contributed by atoms with Crippen LogP contribution in [-0.2, 0) is 16.1 Å². The molecular formula is C16H22N2O2. The summed E-state index contributed by atoms with van der Waals surface area (Å²) in [5.74, 6) is 0.293. The Morgan fingerprint density at radius 2 is 1.75 bits per heavy atom. The van der Waals surface area contributed by atoms with E-state index in [4.69, 9.17) is 0 Å². The number of nitrogens with one attached hydrogen (secondary N) is 2. The summed E-state index contributed by atoms with van der Waals surface area (Å²) in [6.45, 7) is 2.04. The van der Waals surface area contributed by atoms with Crippen molar-refractivity contribution in [2.24, 2.45) is 5.92 Å². The predicted octanol–water partition coefficient (Wildman–Crippen LogP) is 2.84. The largest absolute Gasteiger partial charge is 0.352 e. The fraction of sp³-hybridized carbons (Fsp3) is 0.500. The van der Waals surface area contributed by atoms with Gasteiger partial charge in [0.15, 0.2) is 0 Å². The van der Waals surface area contributed by atoms with Crippen LogP contribution in [-0.4, -0.2) is 11.8 Å². The van der Waals surface area contributed by atoms with Gasteiger partial charge in [-0.3, -0.25) is 9.59 Å². The zero-order chi connectivity index (χ0) is 14.4. The average Bonchev–Trinajstić information content (AvgIpc) is 2.46. The Balaban J connectivity index is 1.81. The minimum atomic E-state index is -0.0802. The van der Waals surface area contributed by atoms with Crippen molar-refractivity contribution < 1.29 is 9.59 Å². The molecule has 1 saturated carbocycles. The molecule has 0 aliphatic heterocycles. The second kappa shape index (κ2) is 7.08. The second-order valence-electron chi connectivity index (χ2n) is 5.43. The van der Waals surface area contributed by atoms with Crippen molar-refractivity contribution in [1.29, 1.82) is 0 Å². The van der Waals surface area contributed by atoms with Crippen molar-refractivity contribution >= 4 is 17.5 Å². The summed E-state index contributed by atoms with van der Waals surface area (Å²) in [5.41, 5.74) is 1.82. The topological polar surface area (TPSA) is 58.2 Å². The van der Waals surface area contributed by atoms with E-state index >= 15 is 0 Å². The molecule has 0 radical (unpaired) electrons. The van der Waals surface area contributed by atoms with E-state index in [9.17, 15) is 9.59 Å². The quantitative estimate of drug-likeness (QED) is 0.887. The summed E-state index contributed by atoms with van der Waals surface area (Å²) in [6, 6.07) is 7.55. The van der Waals surface area contributed by atoms with Crippen LogP contribution in [0, 0.1) is 5.92 Å². The highest BCUT2D eigenvalue weighted by molar-refractivity contribution is 5.88. The Labute approximate surface area is 119 Å². The van der Waals surface area contributed by atoms with Gasteiger partial charge in [-0.05, 0) is 30.5 Å². The Morgan fingerprint density at radius 1 is 1.10 bits per heavy atom. The SMILES string of the molecule is CC(=O)Nc1ccc(CNC(=O)C2CCCCC2)cc1. The van der Waals surface area contributed by atoms with E-state index in [1.165, 1.54) is 26.2 Å². The number of amides is 2. The first-order chi connectivity index (χ1) is 9.65. The fourth-order valence-electron chi connectivity index (χ4n) is 2.61. The lowest BCUT2D eigenvalue weighted by atomic mass is 9.88. The van der Waals surface area contributed by atoms with Crippen LogP contribution in [0.25, 0.3) is 0 Å². The third kappa shape index (κ3) is 4.37. The van der Waals surface area contributed by atoms with Gasteiger partial charge in [0.2, 0.25) is 11.8 Å². The molecule has 4 nitrogen and oxygen atoms in total. The molecular weight excluding hydrogens is 252 g/mol. The smallest absolute Gasteiger partial charge is 0.223 e. The Hall–Kier alpha value is -1.84. The van der Waals surface area contributed by atoms with E-state index in [-0.39, 0.29) is 17.7 Å². The number of hydrogen-bond donors (Lipinski definition) is 2. The molecule has 0 saturated heterocycles. The van der Waals surface area contributed by atoms with Gasteiger partial charge < -0.3 is 10.6 Å². The van der Waals surface area contributed by atoms with Crippen molar-refractivity contribution in [3.05, 3.63) is 29.8 Å². The van der Waals surface area contributed by atoms with E-state index in [0.29, 0.717) is 6.54 Å². The lowest BCUT2D eigenvalue weighted by Gasteiger charge is -2.20. The Morgan fingerprint density at radius 3 is 2.35 bits per heavy atom. The molecule has 1 aromatic carbocycles. The number of carbonyl (C=O) groups excluding carboxylic acids is 2. The lowest BCUT2D eigenvalue weighted by molar-refractivity contribution is -0.126. The van der Waals surface area contributed by atoms with Gasteiger partial charge in [0.1, 0.15) is 0 Å². The summed E-state index contributed by atoms with van der Waals surface area (Å²) in [4.78, 5) is 22.9. The predicted molar refractivity (Wildman–Crippen MR) is 79.2 cm³/mol. The van der Waals surface area contributed by atoms with E-state index in [2.05, 4.69) is 10.6 Å². The molecule has 2 rings (SSSR count). The summed E-state index contributed by atoms with van der Waals surface area (Å²) in [6.07, 6.45) is 5.64. The number of carbonyl (C=O) groups is 2. The maximum atomic E-state index is 12.0. The van der Waals surface area contributed by atoms with E-state index in [1.807, 2.05) is 24.3 Å². The highest BCUT2D eigenvalue weighted by Crippen LogP contribution is 2.23. The maximum absolute atomic E-state index is 12.0. The molecule has 108 valence electrons. The molecule has 0 unspecified atom stereocenters. The van der Waals surface area contributed by atoms with Crippen molar-refractivity contribution in [2.45, 2.75) is 45.6 Å². The van der Waals surface area contributed by atoms with Crippen LogP contribution in [0.3, 0.4) is 0 Å². The third-order valence-corrected chi connectivity index (χ3v) is 3.72. The van der Waals surface area contributed by atoms with Gasteiger partial charge in [-0.1, -0.05) is 31.4 Å². The number of anilines is 1. The lowest BCUT2D eigenvalue weighted by Crippen LogP contribution is -2.31. The summed E-state index contributed by atoms with van der Waals surface area (Å²) in [5, 5.41) is 5.72. The van der Waals surface area contributed by atoms with Gasteiger partial charge in [0.05, 0.1) is 0 Å². The van der Waals surface area contributed by atoms with Gasteiger partial charge >= 0.3 is 0 Å². The third-order valence-electron chi connectivity index (χ3n) is 3.72. The average molecular weight is 274 g/mol. The van der Waals surface area contributed by atoms with Crippen LogP contribution in [0.4, 0.5) is 5.69 Å². The molecule has 20 heavy (non-hydrogen) atoms. The van der Waals surface area contributed by atoms with Crippen molar-refractivity contribution in [3.63, 3.8) is 0 Å². The Bertz CT molecular complexity index is 462. The van der Waals surface area contributed by atoms with Crippen LogP contribution >= 0.6 is 0 Å². The molecule has 4 heteroatoms. The summed E-state index contributed by atoms with van der Waals surface area (Å²) >= 11 is 0. The van der Waals surface area contributed by atoms with Crippen LogP contribution in [0.1, 0.15) is 44.6 Å². The van der Waals surface area contributed by atoms with E-state index in [0.717, 1.165) is 24.1 Å². The standard InChI is InChI=1S/C16H22N2O2/c1-12(19)18-15-9-7-13(8-10-15)11-17-16(20)14-5-3-2-4-6-14/h7-10,14H,2-6,11H2,1H3,(H,17,20)(H,18,19). The van der Waals surface area contributed by atoms with Crippen LogP contribution in [0.2, 0.25) is 0 Å². The number of rotatable bonds is 4. The molecule has 1 fully saturated rings. The highest BCUT2D eigenvalue weighted by atomic mass is 16.2. The minimum Gasteiger partial charge on any atom is -0.352 e. The first-order valence-corrected chi connectivity index (χ1v) is 7.29. The molecule has 2 amide bonds. The van der Waals surface area contributed by atoms with Gasteiger partial charge in [0.25, 0.3) is 0 Å². The van der Waals surface area contributed by atoms with E-state index < -0.39 is 0 Å². The number of hydrogen-bond acceptors (Lipinski definition) is 2. The van der Waals surface area contributed by atoms with Crippen LogP contribution in [0.5, 0.6) is 0 Å². The molecule has 2 N–H and O–H groups in total. The van der Waals surface area contributed by atoms with Crippen LogP contribution in [0.15, 0.2) is 24.3 Å². The number of benzene rings is 1. The van der Waals surface area contributed by atoms with Crippen molar-refractivity contribution in [2.75, 3.05) is 5.32 Å². The molecule has 0 bridgehead atoms. The van der Waals surface area contributed by atoms with Gasteiger partial charge in [-0.15, -0.1) is 0 Å². The molecule has 0 aromatic heterocycles. The minimum absolute atomic E-state index is 0.0802. The molecule has 1 aromatic rings. The normalized spacial score (nSPS) is 15.7. The monoisotopic (exact) mass is 274 g/mol. The maximum Gasteiger partial charge on any atom is 0.223 e. The summed E-state index contributed by atoms with van der Waals surface area (Å²) < 4.78 is 0. The van der Waals surface area contributed by atoms with Gasteiger partial charge in [-0.25, -0.2) is 0 Å². The molecule has 1 aliphatic rings. The fourth-order valence-corrected chi connectivity index (χ4v) is 2.61. The molecule has 1 aliphatic carbocycles. The first kappa shape index (κ1) is 14.6. The van der Waals surface area contributed by atoms with Crippen LogP contribution < -0.4 is 10.6 Å². The summed E-state index contributed by atoms with van der Waals surface area (Å²) in [7, 11) is 0.